The van der Waals surface area contributed by atoms with E-state index in [0.29, 0.717) is 6.04 Å². The van der Waals surface area contributed by atoms with Crippen molar-refractivity contribution in [3.05, 3.63) is 29.8 Å². The van der Waals surface area contributed by atoms with Crippen molar-refractivity contribution in [1.82, 2.24) is 5.32 Å². The maximum Gasteiger partial charge on any atom is 0.0340 e. The van der Waals surface area contributed by atoms with Crippen molar-refractivity contribution in [3.8, 4) is 0 Å². The molecule has 2 fully saturated rings. The Balaban J connectivity index is 1.52. The molecule has 1 aromatic carbocycles. The second kappa shape index (κ2) is 6.42. The van der Waals surface area contributed by atoms with E-state index in [9.17, 15) is 0 Å². The van der Waals surface area contributed by atoms with Crippen molar-refractivity contribution < 1.29 is 0 Å². The maximum atomic E-state index is 3.55. The highest BCUT2D eigenvalue weighted by molar-refractivity contribution is 5.45. The number of hydrogen-bond acceptors (Lipinski definition) is 2. The van der Waals surface area contributed by atoms with Crippen LogP contribution in [0.1, 0.15) is 56.4 Å². The van der Waals surface area contributed by atoms with E-state index in [4.69, 9.17) is 0 Å². The first-order chi connectivity index (χ1) is 9.42. The first-order valence-electron chi connectivity index (χ1n) is 7.99. The monoisotopic (exact) mass is 258 g/mol. The topological polar surface area (TPSA) is 24.1 Å². The molecule has 1 aromatic rings. The Morgan fingerprint density at radius 1 is 0.947 bits per heavy atom. The van der Waals surface area contributed by atoms with Gasteiger partial charge in [-0.25, -0.2) is 0 Å². The second-order valence-electron chi connectivity index (χ2n) is 6.13. The molecule has 0 radical (unpaired) electrons. The van der Waals surface area contributed by atoms with Crippen molar-refractivity contribution in [3.63, 3.8) is 0 Å². The van der Waals surface area contributed by atoms with Gasteiger partial charge in [0, 0.05) is 18.3 Å². The molecule has 0 bridgehead atoms. The molecule has 19 heavy (non-hydrogen) atoms. The van der Waals surface area contributed by atoms with Crippen molar-refractivity contribution in [2.24, 2.45) is 0 Å². The van der Waals surface area contributed by atoms with Crippen LogP contribution >= 0.6 is 0 Å². The predicted octanol–water partition coefficient (Wildman–Crippen LogP) is 3.90. The molecule has 0 amide bonds. The molecule has 1 saturated carbocycles. The lowest BCUT2D eigenvalue weighted by molar-refractivity contribution is 0.443. The third kappa shape index (κ3) is 3.50. The van der Waals surface area contributed by atoms with Crippen LogP contribution in [0.2, 0.25) is 0 Å². The average molecular weight is 258 g/mol. The summed E-state index contributed by atoms with van der Waals surface area (Å²) >= 11 is 0. The lowest BCUT2D eigenvalue weighted by Crippen LogP contribution is -2.29. The summed E-state index contributed by atoms with van der Waals surface area (Å²) in [6.45, 7) is 2.25. The van der Waals surface area contributed by atoms with Crippen molar-refractivity contribution in [1.29, 1.82) is 0 Å². The molecule has 2 nitrogen and oxygen atoms in total. The Morgan fingerprint density at radius 3 is 2.42 bits per heavy atom. The minimum absolute atomic E-state index is 0.665. The van der Waals surface area contributed by atoms with Crippen LogP contribution in [0.4, 0.5) is 5.69 Å². The van der Waals surface area contributed by atoms with Crippen LogP contribution in [0.25, 0.3) is 0 Å². The standard InChI is InChI=1S/C17H26N2/c1-2-5-14(6-3-1)15-8-10-16(11-9-15)19-13-17-7-4-12-18-17/h8-11,14,17-19H,1-7,12-13H2. The highest BCUT2D eigenvalue weighted by Crippen LogP contribution is 2.32. The van der Waals surface area contributed by atoms with Gasteiger partial charge in [0.1, 0.15) is 0 Å². The summed E-state index contributed by atoms with van der Waals surface area (Å²) < 4.78 is 0. The molecular formula is C17H26N2. The highest BCUT2D eigenvalue weighted by atomic mass is 15.0. The zero-order valence-corrected chi connectivity index (χ0v) is 11.8. The summed E-state index contributed by atoms with van der Waals surface area (Å²) in [4.78, 5) is 0. The Hall–Kier alpha value is -1.02. The van der Waals surface area contributed by atoms with E-state index in [0.717, 1.165) is 12.5 Å². The van der Waals surface area contributed by atoms with Gasteiger partial charge in [0.05, 0.1) is 0 Å². The van der Waals surface area contributed by atoms with Gasteiger partial charge in [0.2, 0.25) is 0 Å². The van der Waals surface area contributed by atoms with Gasteiger partial charge >= 0.3 is 0 Å². The first kappa shape index (κ1) is 13.0. The van der Waals surface area contributed by atoms with Crippen molar-refractivity contribution >= 4 is 5.69 Å². The van der Waals surface area contributed by atoms with E-state index >= 15 is 0 Å². The number of nitrogens with one attached hydrogen (secondary N) is 2. The first-order valence-corrected chi connectivity index (χ1v) is 7.99. The van der Waals surface area contributed by atoms with Crippen LogP contribution in [0.15, 0.2) is 24.3 Å². The van der Waals surface area contributed by atoms with E-state index in [1.807, 2.05) is 0 Å². The summed E-state index contributed by atoms with van der Waals surface area (Å²) in [6, 6.07) is 9.86. The van der Waals surface area contributed by atoms with Crippen LogP contribution in [-0.4, -0.2) is 19.1 Å². The average Bonchev–Trinajstić information content (AvgIpc) is 3.00. The number of rotatable bonds is 4. The molecule has 2 heteroatoms. The molecule has 1 heterocycles. The van der Waals surface area contributed by atoms with Crippen molar-refractivity contribution in [2.75, 3.05) is 18.4 Å². The fourth-order valence-corrected chi connectivity index (χ4v) is 3.48. The third-order valence-electron chi connectivity index (χ3n) is 4.70. The van der Waals surface area contributed by atoms with Gasteiger partial charge in [-0.15, -0.1) is 0 Å². The van der Waals surface area contributed by atoms with Crippen LogP contribution < -0.4 is 10.6 Å². The molecule has 1 aliphatic heterocycles. The maximum absolute atomic E-state index is 3.55. The van der Waals surface area contributed by atoms with E-state index in [1.54, 1.807) is 5.56 Å². The fraction of sp³-hybridized carbons (Fsp3) is 0.647. The van der Waals surface area contributed by atoms with E-state index < -0.39 is 0 Å². The Kier molecular flexibility index (Phi) is 4.39. The summed E-state index contributed by atoms with van der Waals surface area (Å²) in [5, 5.41) is 7.08. The Morgan fingerprint density at radius 2 is 1.74 bits per heavy atom. The van der Waals surface area contributed by atoms with Gasteiger partial charge in [0.15, 0.2) is 0 Å². The molecule has 104 valence electrons. The lowest BCUT2D eigenvalue weighted by Gasteiger charge is -2.22. The molecule has 3 rings (SSSR count). The molecule has 1 atom stereocenters. The summed E-state index contributed by atoms with van der Waals surface area (Å²) in [7, 11) is 0. The minimum Gasteiger partial charge on any atom is -0.383 e. The van der Waals surface area contributed by atoms with Gasteiger partial charge in [-0.2, -0.15) is 0 Å². The molecule has 1 saturated heterocycles. The largest absolute Gasteiger partial charge is 0.383 e. The number of hydrogen-bond donors (Lipinski definition) is 2. The molecule has 0 aromatic heterocycles. The van der Waals surface area contributed by atoms with E-state index in [2.05, 4.69) is 34.9 Å². The molecular weight excluding hydrogens is 232 g/mol. The normalized spacial score (nSPS) is 24.5. The molecule has 1 unspecified atom stereocenters. The van der Waals surface area contributed by atoms with Gasteiger partial charge in [-0.05, 0) is 55.8 Å². The Labute approximate surface area is 117 Å². The summed E-state index contributed by atoms with van der Waals surface area (Å²) in [6.07, 6.45) is 9.68. The fourth-order valence-electron chi connectivity index (χ4n) is 3.48. The van der Waals surface area contributed by atoms with Gasteiger partial charge in [-0.1, -0.05) is 31.4 Å². The van der Waals surface area contributed by atoms with Crippen LogP contribution in [-0.2, 0) is 0 Å². The summed E-state index contributed by atoms with van der Waals surface area (Å²) in [5.74, 6) is 0.819. The predicted molar refractivity (Wildman–Crippen MR) is 81.8 cm³/mol. The van der Waals surface area contributed by atoms with Gasteiger partial charge in [0.25, 0.3) is 0 Å². The number of anilines is 1. The number of benzene rings is 1. The van der Waals surface area contributed by atoms with Crippen LogP contribution in [0.3, 0.4) is 0 Å². The summed E-state index contributed by atoms with van der Waals surface area (Å²) in [5.41, 5.74) is 2.82. The third-order valence-corrected chi connectivity index (χ3v) is 4.70. The van der Waals surface area contributed by atoms with E-state index in [-0.39, 0.29) is 0 Å². The molecule has 1 aliphatic carbocycles. The van der Waals surface area contributed by atoms with Gasteiger partial charge in [-0.3, -0.25) is 0 Å². The van der Waals surface area contributed by atoms with Crippen LogP contribution in [0, 0.1) is 0 Å². The highest BCUT2D eigenvalue weighted by Gasteiger charge is 2.15. The minimum atomic E-state index is 0.665. The zero-order valence-electron chi connectivity index (χ0n) is 11.8. The molecule has 2 N–H and O–H groups in total. The van der Waals surface area contributed by atoms with E-state index in [1.165, 1.54) is 57.2 Å². The van der Waals surface area contributed by atoms with Crippen molar-refractivity contribution in [2.45, 2.75) is 56.9 Å². The van der Waals surface area contributed by atoms with Gasteiger partial charge < -0.3 is 10.6 Å². The second-order valence-corrected chi connectivity index (χ2v) is 6.13. The molecule has 2 aliphatic rings. The van der Waals surface area contributed by atoms with Crippen LogP contribution in [0.5, 0.6) is 0 Å². The molecule has 0 spiro atoms. The Bertz CT molecular complexity index is 373. The smallest absolute Gasteiger partial charge is 0.0340 e. The SMILES string of the molecule is c1cc(C2CCCCC2)ccc1NCC1CCCN1. The lowest BCUT2D eigenvalue weighted by atomic mass is 9.84. The zero-order chi connectivity index (χ0) is 12.9. The quantitative estimate of drug-likeness (QED) is 0.856.